The van der Waals surface area contributed by atoms with Gasteiger partial charge < -0.3 is 20.1 Å². The second kappa shape index (κ2) is 15.4. The molecule has 7 heteroatoms. The number of hydrogen-bond acceptors (Lipinski definition) is 5. The Morgan fingerprint density at radius 1 is 1.06 bits per heavy atom. The minimum Gasteiger partial charge on any atom is -0.494 e. The van der Waals surface area contributed by atoms with Crippen LogP contribution in [0.4, 0.5) is 0 Å². The van der Waals surface area contributed by atoms with Gasteiger partial charge in [-0.3, -0.25) is 14.4 Å². The van der Waals surface area contributed by atoms with Gasteiger partial charge in [0.25, 0.3) is 0 Å². The molecule has 1 fully saturated rings. The lowest BCUT2D eigenvalue weighted by atomic mass is 10.0. The highest BCUT2D eigenvalue weighted by molar-refractivity contribution is 5.87. The third kappa shape index (κ3) is 11.0. The van der Waals surface area contributed by atoms with Gasteiger partial charge in [0.1, 0.15) is 11.8 Å². The molecule has 0 unspecified atom stereocenters. The van der Waals surface area contributed by atoms with Crippen LogP contribution in [-0.4, -0.2) is 43.6 Å². The molecule has 1 aliphatic carbocycles. The van der Waals surface area contributed by atoms with Crippen molar-refractivity contribution in [2.24, 2.45) is 11.8 Å². The van der Waals surface area contributed by atoms with E-state index in [0.29, 0.717) is 63.0 Å². The van der Waals surface area contributed by atoms with E-state index in [0.717, 1.165) is 12.0 Å². The highest BCUT2D eigenvalue weighted by Crippen LogP contribution is 2.28. The first kappa shape index (κ1) is 27.7. The number of nitrogens with one attached hydrogen (secondary N) is 2. The first-order valence-electron chi connectivity index (χ1n) is 12.8. The van der Waals surface area contributed by atoms with Crippen molar-refractivity contribution in [3.8, 4) is 5.75 Å². The van der Waals surface area contributed by atoms with Gasteiger partial charge in [-0.05, 0) is 49.3 Å². The first-order chi connectivity index (χ1) is 16.4. The molecule has 1 saturated carbocycles. The van der Waals surface area contributed by atoms with Crippen LogP contribution in [0.5, 0.6) is 5.75 Å². The van der Waals surface area contributed by atoms with E-state index >= 15 is 0 Å². The summed E-state index contributed by atoms with van der Waals surface area (Å²) in [7, 11) is 0. The minimum absolute atomic E-state index is 0.0573. The summed E-state index contributed by atoms with van der Waals surface area (Å²) in [5.74, 6) is 1.26. The van der Waals surface area contributed by atoms with Crippen molar-refractivity contribution in [2.75, 3.05) is 19.8 Å². The van der Waals surface area contributed by atoms with Crippen molar-refractivity contribution in [1.82, 2.24) is 10.6 Å². The van der Waals surface area contributed by atoms with Crippen LogP contribution in [-0.2, 0) is 25.5 Å². The number of esters is 1. The maximum atomic E-state index is 12.8. The topological polar surface area (TPSA) is 93.7 Å². The van der Waals surface area contributed by atoms with Gasteiger partial charge in [0.15, 0.2) is 0 Å². The summed E-state index contributed by atoms with van der Waals surface area (Å²) in [6.07, 6.45) is 7.65. The number of carbonyl (C=O) groups excluding carboxylic acids is 3. The van der Waals surface area contributed by atoms with Crippen LogP contribution in [0.2, 0.25) is 0 Å². The van der Waals surface area contributed by atoms with E-state index in [2.05, 4.69) is 10.6 Å². The summed E-state index contributed by atoms with van der Waals surface area (Å²) in [4.78, 5) is 36.8. The predicted octanol–water partition coefficient (Wildman–Crippen LogP) is 4.18. The molecule has 2 rings (SSSR count). The molecule has 1 atom stereocenters. The van der Waals surface area contributed by atoms with E-state index in [1.807, 2.05) is 38.1 Å². The van der Waals surface area contributed by atoms with Gasteiger partial charge in [0, 0.05) is 25.8 Å². The summed E-state index contributed by atoms with van der Waals surface area (Å²) in [6, 6.07) is 6.92. The van der Waals surface area contributed by atoms with Crippen LogP contribution in [0, 0.1) is 11.8 Å². The molecule has 34 heavy (non-hydrogen) atoms. The van der Waals surface area contributed by atoms with Gasteiger partial charge in [-0.1, -0.05) is 51.7 Å². The lowest BCUT2D eigenvalue weighted by molar-refractivity contribution is -0.143. The van der Waals surface area contributed by atoms with Crippen molar-refractivity contribution in [3.05, 3.63) is 29.8 Å². The van der Waals surface area contributed by atoms with Crippen molar-refractivity contribution in [1.29, 1.82) is 0 Å². The Morgan fingerprint density at radius 2 is 1.76 bits per heavy atom. The lowest BCUT2D eigenvalue weighted by Crippen LogP contribution is -2.48. The van der Waals surface area contributed by atoms with E-state index in [9.17, 15) is 14.4 Å². The normalized spacial score (nSPS) is 14.6. The molecule has 0 aromatic heterocycles. The lowest BCUT2D eigenvalue weighted by Gasteiger charge is -2.20. The summed E-state index contributed by atoms with van der Waals surface area (Å²) in [6.45, 7) is 7.26. The average molecular weight is 475 g/mol. The zero-order chi connectivity index (χ0) is 24.8. The second-order valence-electron chi connectivity index (χ2n) is 9.55. The zero-order valence-electron chi connectivity index (χ0n) is 21.1. The van der Waals surface area contributed by atoms with E-state index in [-0.39, 0.29) is 17.8 Å². The van der Waals surface area contributed by atoms with E-state index < -0.39 is 6.04 Å². The number of benzene rings is 1. The average Bonchev–Trinajstić information content (AvgIpc) is 3.33. The van der Waals surface area contributed by atoms with E-state index in [4.69, 9.17) is 9.47 Å². The van der Waals surface area contributed by atoms with Gasteiger partial charge in [-0.25, -0.2) is 0 Å². The molecule has 1 aromatic rings. The van der Waals surface area contributed by atoms with Crippen LogP contribution < -0.4 is 15.4 Å². The van der Waals surface area contributed by atoms with Gasteiger partial charge in [-0.15, -0.1) is 0 Å². The third-order valence-electron chi connectivity index (χ3n) is 6.05. The largest absolute Gasteiger partial charge is 0.494 e. The van der Waals surface area contributed by atoms with Crippen molar-refractivity contribution in [3.63, 3.8) is 0 Å². The van der Waals surface area contributed by atoms with E-state index in [1.165, 1.54) is 25.7 Å². The molecule has 2 amide bonds. The molecule has 0 bridgehead atoms. The Bertz CT molecular complexity index is 757. The Kier molecular flexibility index (Phi) is 12.5. The molecule has 0 radical (unpaired) electrons. The Morgan fingerprint density at radius 3 is 2.41 bits per heavy atom. The predicted molar refractivity (Wildman–Crippen MR) is 132 cm³/mol. The molecule has 7 nitrogen and oxygen atoms in total. The van der Waals surface area contributed by atoms with Crippen LogP contribution in [0.25, 0.3) is 0 Å². The van der Waals surface area contributed by atoms with Gasteiger partial charge >= 0.3 is 5.97 Å². The first-order valence-corrected chi connectivity index (χ1v) is 12.8. The van der Waals surface area contributed by atoms with Crippen LogP contribution in [0.15, 0.2) is 24.3 Å². The molecular formula is C27H42N2O5. The Hall–Kier alpha value is -2.57. The molecule has 1 aliphatic rings. The van der Waals surface area contributed by atoms with Crippen LogP contribution in [0.3, 0.4) is 0 Å². The monoisotopic (exact) mass is 474 g/mol. The van der Waals surface area contributed by atoms with Gasteiger partial charge in [-0.2, -0.15) is 0 Å². The summed E-state index contributed by atoms with van der Waals surface area (Å²) >= 11 is 0. The van der Waals surface area contributed by atoms with Crippen LogP contribution >= 0.6 is 0 Å². The number of amides is 2. The maximum absolute atomic E-state index is 12.8. The fraction of sp³-hybridized carbons (Fsp3) is 0.667. The molecule has 0 saturated heterocycles. The number of rotatable bonds is 15. The maximum Gasteiger partial charge on any atom is 0.305 e. The summed E-state index contributed by atoms with van der Waals surface area (Å²) in [5, 5.41) is 5.92. The van der Waals surface area contributed by atoms with Crippen LogP contribution in [0.1, 0.15) is 77.7 Å². The summed E-state index contributed by atoms with van der Waals surface area (Å²) in [5.41, 5.74) is 0.944. The Balaban J connectivity index is 1.86. The molecule has 0 aliphatic heterocycles. The molecule has 2 N–H and O–H groups in total. The fourth-order valence-corrected chi connectivity index (χ4v) is 4.14. The van der Waals surface area contributed by atoms with Crippen molar-refractivity contribution in [2.45, 2.75) is 84.6 Å². The molecule has 0 spiro atoms. The third-order valence-corrected chi connectivity index (χ3v) is 6.05. The smallest absolute Gasteiger partial charge is 0.305 e. The molecule has 1 aromatic carbocycles. The second-order valence-corrected chi connectivity index (χ2v) is 9.55. The molecule has 0 heterocycles. The van der Waals surface area contributed by atoms with Gasteiger partial charge in [0.2, 0.25) is 11.8 Å². The van der Waals surface area contributed by atoms with Gasteiger partial charge in [0.05, 0.1) is 13.2 Å². The van der Waals surface area contributed by atoms with E-state index in [1.54, 1.807) is 6.92 Å². The molecule has 190 valence electrons. The standard InChI is InChI=1S/C27H42N2O5/c1-4-33-26(31)10-7-17-34-23-14-11-22(12-15-23)18-24(27(32)28-19-20(2)3)29-25(30)16-13-21-8-5-6-9-21/h11-12,14-15,20-21,24H,4-10,13,16-19H2,1-3H3,(H,28,32)(H,29,30)/t24-/m0/s1. The highest BCUT2D eigenvalue weighted by atomic mass is 16.5. The van der Waals surface area contributed by atoms with Crippen molar-refractivity contribution < 1.29 is 23.9 Å². The zero-order valence-corrected chi connectivity index (χ0v) is 21.1. The summed E-state index contributed by atoms with van der Waals surface area (Å²) < 4.78 is 10.6. The Labute approximate surface area is 204 Å². The number of ether oxygens (including phenoxy) is 2. The van der Waals surface area contributed by atoms with Crippen molar-refractivity contribution >= 4 is 17.8 Å². The highest BCUT2D eigenvalue weighted by Gasteiger charge is 2.23. The number of hydrogen-bond donors (Lipinski definition) is 2. The quantitative estimate of drug-likeness (QED) is 0.294. The SMILES string of the molecule is CCOC(=O)CCCOc1ccc(C[C@H](NC(=O)CCC2CCCC2)C(=O)NCC(C)C)cc1. The minimum atomic E-state index is -0.605. The fourth-order valence-electron chi connectivity index (χ4n) is 4.14. The molecular weight excluding hydrogens is 432 g/mol. The number of carbonyl (C=O) groups is 3.